The van der Waals surface area contributed by atoms with Gasteiger partial charge in [0.1, 0.15) is 0 Å². The molecule has 2 heterocycles. The SMILES string of the molecule is CC(C)N1CC2CC(C1)C2CN. The zero-order valence-corrected chi connectivity index (χ0v) is 8.16. The summed E-state index contributed by atoms with van der Waals surface area (Å²) in [5, 5.41) is 0. The van der Waals surface area contributed by atoms with Crippen molar-refractivity contribution in [2.75, 3.05) is 19.6 Å². The van der Waals surface area contributed by atoms with E-state index in [0.717, 1.165) is 30.3 Å². The summed E-state index contributed by atoms with van der Waals surface area (Å²) in [7, 11) is 0. The molecular formula is C10H20N2. The van der Waals surface area contributed by atoms with E-state index < -0.39 is 0 Å². The number of hydrogen-bond donors (Lipinski definition) is 1. The van der Waals surface area contributed by atoms with Crippen molar-refractivity contribution in [1.29, 1.82) is 0 Å². The highest BCUT2D eigenvalue weighted by atomic mass is 15.2. The molecule has 0 spiro atoms. The second-order valence-corrected chi connectivity index (χ2v) is 4.70. The molecule has 2 atom stereocenters. The lowest BCUT2D eigenvalue weighted by Gasteiger charge is -2.54. The zero-order chi connectivity index (χ0) is 8.72. The fourth-order valence-electron chi connectivity index (χ4n) is 2.83. The highest BCUT2D eigenvalue weighted by Crippen LogP contribution is 2.45. The van der Waals surface area contributed by atoms with E-state index in [0.29, 0.717) is 0 Å². The summed E-state index contributed by atoms with van der Waals surface area (Å²) >= 11 is 0. The van der Waals surface area contributed by atoms with Crippen LogP contribution in [-0.2, 0) is 0 Å². The van der Waals surface area contributed by atoms with Crippen molar-refractivity contribution in [3.63, 3.8) is 0 Å². The molecule has 3 rings (SSSR count). The van der Waals surface area contributed by atoms with Gasteiger partial charge >= 0.3 is 0 Å². The van der Waals surface area contributed by atoms with Crippen molar-refractivity contribution < 1.29 is 0 Å². The normalized spacial score (nSPS) is 41.5. The van der Waals surface area contributed by atoms with Gasteiger partial charge in [-0.25, -0.2) is 0 Å². The number of nitrogens with two attached hydrogens (primary N) is 1. The first-order chi connectivity index (χ1) is 5.72. The predicted molar refractivity (Wildman–Crippen MR) is 50.9 cm³/mol. The van der Waals surface area contributed by atoms with E-state index >= 15 is 0 Å². The summed E-state index contributed by atoms with van der Waals surface area (Å²) in [6.07, 6.45) is 1.45. The van der Waals surface area contributed by atoms with Crippen molar-refractivity contribution in [2.24, 2.45) is 23.5 Å². The van der Waals surface area contributed by atoms with Crippen LogP contribution in [0.2, 0.25) is 0 Å². The Morgan fingerprint density at radius 1 is 1.33 bits per heavy atom. The number of nitrogens with zero attached hydrogens (tertiary/aromatic N) is 1. The Kier molecular flexibility index (Phi) is 2.13. The van der Waals surface area contributed by atoms with Crippen LogP contribution >= 0.6 is 0 Å². The minimum Gasteiger partial charge on any atom is -0.330 e. The summed E-state index contributed by atoms with van der Waals surface area (Å²) < 4.78 is 0. The molecule has 2 nitrogen and oxygen atoms in total. The molecular weight excluding hydrogens is 148 g/mol. The fourth-order valence-corrected chi connectivity index (χ4v) is 2.83. The van der Waals surface area contributed by atoms with Crippen LogP contribution in [0.3, 0.4) is 0 Å². The van der Waals surface area contributed by atoms with Crippen LogP contribution < -0.4 is 5.73 Å². The summed E-state index contributed by atoms with van der Waals surface area (Å²) in [5.74, 6) is 2.72. The number of rotatable bonds is 2. The molecule has 2 N–H and O–H groups in total. The Morgan fingerprint density at radius 3 is 2.33 bits per heavy atom. The third-order valence-corrected chi connectivity index (χ3v) is 3.76. The van der Waals surface area contributed by atoms with Crippen LogP contribution in [0.5, 0.6) is 0 Å². The van der Waals surface area contributed by atoms with Gasteiger partial charge in [-0.05, 0) is 44.6 Å². The van der Waals surface area contributed by atoms with E-state index in [1.165, 1.54) is 19.5 Å². The van der Waals surface area contributed by atoms with Crippen molar-refractivity contribution in [1.82, 2.24) is 4.90 Å². The average molecular weight is 168 g/mol. The Hall–Kier alpha value is -0.0800. The summed E-state index contributed by atoms with van der Waals surface area (Å²) in [5.41, 5.74) is 5.73. The topological polar surface area (TPSA) is 29.3 Å². The largest absolute Gasteiger partial charge is 0.330 e. The van der Waals surface area contributed by atoms with Gasteiger partial charge in [0.2, 0.25) is 0 Å². The molecule has 2 aliphatic heterocycles. The monoisotopic (exact) mass is 168 g/mol. The molecule has 2 heteroatoms. The Labute approximate surface area is 75.1 Å². The van der Waals surface area contributed by atoms with E-state index in [1.807, 2.05) is 0 Å². The number of fused-ring (bicyclic) bond motifs is 2. The van der Waals surface area contributed by atoms with Crippen molar-refractivity contribution in [3.8, 4) is 0 Å². The molecule has 0 aromatic carbocycles. The van der Waals surface area contributed by atoms with Crippen molar-refractivity contribution >= 4 is 0 Å². The maximum Gasteiger partial charge on any atom is 0.00388 e. The standard InChI is InChI=1S/C10H20N2/c1-7(2)12-5-8-3-9(6-12)10(8)4-11/h7-10H,3-6,11H2,1-2H3. The maximum atomic E-state index is 5.73. The van der Waals surface area contributed by atoms with Crippen LogP contribution in [0.1, 0.15) is 20.3 Å². The number of hydrogen-bond acceptors (Lipinski definition) is 2. The van der Waals surface area contributed by atoms with Crippen LogP contribution in [-0.4, -0.2) is 30.6 Å². The molecule has 2 bridgehead atoms. The molecule has 0 aromatic heterocycles. The smallest absolute Gasteiger partial charge is 0.00388 e. The molecule has 1 saturated carbocycles. The molecule has 12 heavy (non-hydrogen) atoms. The van der Waals surface area contributed by atoms with Crippen molar-refractivity contribution in [2.45, 2.75) is 26.3 Å². The molecule has 70 valence electrons. The first kappa shape index (κ1) is 8.52. The lowest BCUT2D eigenvalue weighted by molar-refractivity contribution is -0.0500. The molecule has 0 aromatic rings. The second kappa shape index (κ2) is 3.00. The van der Waals surface area contributed by atoms with Crippen LogP contribution in [0, 0.1) is 17.8 Å². The molecule has 0 amide bonds. The quantitative estimate of drug-likeness (QED) is 0.664. The van der Waals surface area contributed by atoms with Gasteiger partial charge < -0.3 is 10.6 Å². The lowest BCUT2D eigenvalue weighted by atomic mass is 9.61. The van der Waals surface area contributed by atoms with Gasteiger partial charge in [-0.3, -0.25) is 0 Å². The van der Waals surface area contributed by atoms with E-state index in [1.54, 1.807) is 0 Å². The summed E-state index contributed by atoms with van der Waals surface area (Å²) in [6, 6.07) is 0.731. The van der Waals surface area contributed by atoms with Gasteiger partial charge in [0.15, 0.2) is 0 Å². The van der Waals surface area contributed by atoms with Gasteiger partial charge in [-0.1, -0.05) is 0 Å². The fraction of sp³-hybridized carbons (Fsp3) is 1.00. The molecule has 3 aliphatic rings. The summed E-state index contributed by atoms with van der Waals surface area (Å²) in [6.45, 7) is 8.11. The van der Waals surface area contributed by atoms with Gasteiger partial charge in [0.05, 0.1) is 0 Å². The van der Waals surface area contributed by atoms with Gasteiger partial charge in [0.25, 0.3) is 0 Å². The van der Waals surface area contributed by atoms with Crippen LogP contribution in [0.25, 0.3) is 0 Å². The van der Waals surface area contributed by atoms with Gasteiger partial charge in [-0.2, -0.15) is 0 Å². The minimum atomic E-state index is 0.731. The van der Waals surface area contributed by atoms with E-state index in [9.17, 15) is 0 Å². The zero-order valence-electron chi connectivity index (χ0n) is 8.16. The molecule has 3 fully saturated rings. The van der Waals surface area contributed by atoms with Gasteiger partial charge in [-0.15, -0.1) is 0 Å². The molecule has 1 aliphatic carbocycles. The average Bonchev–Trinajstić information content (AvgIpc) is 2.05. The van der Waals surface area contributed by atoms with E-state index in [-0.39, 0.29) is 0 Å². The van der Waals surface area contributed by atoms with Crippen LogP contribution in [0.4, 0.5) is 0 Å². The maximum absolute atomic E-state index is 5.73. The third kappa shape index (κ3) is 1.17. The lowest BCUT2D eigenvalue weighted by Crippen LogP contribution is -2.58. The third-order valence-electron chi connectivity index (χ3n) is 3.76. The highest BCUT2D eigenvalue weighted by Gasteiger charge is 2.45. The first-order valence-corrected chi connectivity index (χ1v) is 5.16. The van der Waals surface area contributed by atoms with Gasteiger partial charge in [0, 0.05) is 19.1 Å². The molecule has 2 unspecified atom stereocenters. The Bertz CT molecular complexity index is 155. The van der Waals surface area contributed by atoms with Crippen LogP contribution in [0.15, 0.2) is 0 Å². The predicted octanol–water partition coefficient (Wildman–Crippen LogP) is 0.921. The van der Waals surface area contributed by atoms with E-state index in [4.69, 9.17) is 5.73 Å². The molecule has 2 saturated heterocycles. The van der Waals surface area contributed by atoms with Crippen molar-refractivity contribution in [3.05, 3.63) is 0 Å². The summed E-state index contributed by atoms with van der Waals surface area (Å²) in [4.78, 5) is 2.60. The second-order valence-electron chi connectivity index (χ2n) is 4.70. The Balaban J connectivity index is 1.92. The van der Waals surface area contributed by atoms with E-state index in [2.05, 4.69) is 18.7 Å². The highest BCUT2D eigenvalue weighted by molar-refractivity contribution is 4.97. The Morgan fingerprint density at radius 2 is 1.92 bits per heavy atom. The first-order valence-electron chi connectivity index (χ1n) is 5.16. The minimum absolute atomic E-state index is 0.731. The number of piperidine rings is 2. The molecule has 0 radical (unpaired) electrons.